The molecule has 0 radical (unpaired) electrons. The normalized spacial score (nSPS) is 10.2. The van der Waals surface area contributed by atoms with Crippen LogP contribution in [0.2, 0.25) is 0 Å². The Balaban J connectivity index is 2.32. The molecule has 0 aromatic heterocycles. The topological polar surface area (TPSA) is 72.2 Å². The van der Waals surface area contributed by atoms with Gasteiger partial charge in [0.2, 0.25) is 0 Å². The van der Waals surface area contributed by atoms with Gasteiger partial charge in [-0.25, -0.2) is 0 Å². The maximum atomic E-state index is 12.3. The lowest BCUT2D eigenvalue weighted by atomic mass is 10.1. The lowest BCUT2D eigenvalue weighted by Gasteiger charge is -2.10. The van der Waals surface area contributed by atoms with Crippen LogP contribution in [0, 0.1) is 24.0 Å². The van der Waals surface area contributed by atoms with E-state index in [4.69, 9.17) is 0 Å². The van der Waals surface area contributed by atoms with Gasteiger partial charge < -0.3 is 5.32 Å². The molecule has 21 heavy (non-hydrogen) atoms. The van der Waals surface area contributed by atoms with E-state index in [2.05, 4.69) is 21.2 Å². The molecule has 0 spiro atoms. The highest BCUT2D eigenvalue weighted by Crippen LogP contribution is 2.26. The monoisotopic (exact) mass is 348 g/mol. The molecule has 108 valence electrons. The van der Waals surface area contributed by atoms with Crippen molar-refractivity contribution in [3.63, 3.8) is 0 Å². The number of aryl methyl sites for hydroxylation is 1. The number of nitrogens with one attached hydrogen (secondary N) is 1. The average Bonchev–Trinajstić information content (AvgIpc) is 2.40. The molecule has 0 unspecified atom stereocenters. The first kappa shape index (κ1) is 15.2. The summed E-state index contributed by atoms with van der Waals surface area (Å²) in [4.78, 5) is 22.7. The molecular formula is C15H13BrN2O3. The average molecular weight is 349 g/mol. The number of nitro groups is 1. The molecule has 0 aliphatic carbocycles. The molecule has 0 saturated carbocycles. The first-order valence-corrected chi connectivity index (χ1v) is 7.01. The molecule has 1 N–H and O–H groups in total. The van der Waals surface area contributed by atoms with E-state index in [0.29, 0.717) is 21.3 Å². The Morgan fingerprint density at radius 1 is 1.24 bits per heavy atom. The summed E-state index contributed by atoms with van der Waals surface area (Å²) in [6.07, 6.45) is 0. The highest BCUT2D eigenvalue weighted by Gasteiger charge is 2.16. The van der Waals surface area contributed by atoms with Crippen LogP contribution in [-0.2, 0) is 0 Å². The molecule has 0 aliphatic heterocycles. The maximum absolute atomic E-state index is 12.3. The molecule has 2 aromatic rings. The number of nitrogens with zero attached hydrogens (tertiary/aromatic N) is 1. The van der Waals surface area contributed by atoms with E-state index in [9.17, 15) is 14.9 Å². The van der Waals surface area contributed by atoms with E-state index in [0.717, 1.165) is 5.56 Å². The smallest absolute Gasteiger partial charge is 0.274 e. The van der Waals surface area contributed by atoms with Gasteiger partial charge in [0.25, 0.3) is 11.6 Å². The number of halogens is 1. The summed E-state index contributed by atoms with van der Waals surface area (Å²) in [6.45, 7) is 3.54. The van der Waals surface area contributed by atoms with E-state index >= 15 is 0 Å². The summed E-state index contributed by atoms with van der Waals surface area (Å²) >= 11 is 3.35. The summed E-state index contributed by atoms with van der Waals surface area (Å²) in [6, 6.07) is 9.98. The fourth-order valence-electron chi connectivity index (χ4n) is 1.95. The zero-order chi connectivity index (χ0) is 15.6. The number of carbonyl (C=O) groups excluding carboxylic acids is 1. The molecule has 0 saturated heterocycles. The summed E-state index contributed by atoms with van der Waals surface area (Å²) in [5.74, 6) is -0.314. The van der Waals surface area contributed by atoms with Gasteiger partial charge in [0, 0.05) is 10.5 Å². The number of hydrogen-bond acceptors (Lipinski definition) is 3. The SMILES string of the molecule is Cc1ccc(C(=O)Nc2cccc([N+](=O)[O-])c2C)c(Br)c1. The van der Waals surface area contributed by atoms with Crippen LogP contribution < -0.4 is 5.32 Å². The van der Waals surface area contributed by atoms with Crippen LogP contribution in [0.1, 0.15) is 21.5 Å². The van der Waals surface area contributed by atoms with Gasteiger partial charge in [0.1, 0.15) is 0 Å². The fraction of sp³-hybridized carbons (Fsp3) is 0.133. The standard InChI is InChI=1S/C15H13BrN2O3/c1-9-6-7-11(12(16)8-9)15(19)17-13-4-3-5-14(10(13)2)18(20)21/h3-8H,1-2H3,(H,17,19). The lowest BCUT2D eigenvalue weighted by molar-refractivity contribution is -0.385. The molecule has 1 amide bonds. The molecular weight excluding hydrogens is 336 g/mol. The number of benzene rings is 2. The van der Waals surface area contributed by atoms with Crippen molar-refractivity contribution in [1.82, 2.24) is 0 Å². The maximum Gasteiger partial charge on any atom is 0.274 e. The highest BCUT2D eigenvalue weighted by molar-refractivity contribution is 9.10. The van der Waals surface area contributed by atoms with Crippen molar-refractivity contribution >= 4 is 33.2 Å². The van der Waals surface area contributed by atoms with Crippen LogP contribution in [0.15, 0.2) is 40.9 Å². The number of hydrogen-bond donors (Lipinski definition) is 1. The molecule has 0 heterocycles. The minimum atomic E-state index is -0.465. The molecule has 0 aliphatic rings. The van der Waals surface area contributed by atoms with Gasteiger partial charge in [-0.15, -0.1) is 0 Å². The van der Waals surface area contributed by atoms with Gasteiger partial charge in [-0.05, 0) is 53.5 Å². The van der Waals surface area contributed by atoms with Gasteiger partial charge >= 0.3 is 0 Å². The van der Waals surface area contributed by atoms with Gasteiger partial charge in [0.05, 0.1) is 21.7 Å². The molecule has 6 heteroatoms. The Hall–Kier alpha value is -2.21. The highest BCUT2D eigenvalue weighted by atomic mass is 79.9. The van der Waals surface area contributed by atoms with E-state index in [1.807, 2.05) is 19.1 Å². The van der Waals surface area contributed by atoms with Crippen molar-refractivity contribution in [3.05, 3.63) is 67.7 Å². The summed E-state index contributed by atoms with van der Waals surface area (Å²) < 4.78 is 0.683. The van der Waals surface area contributed by atoms with Crippen LogP contribution in [0.25, 0.3) is 0 Å². The minimum absolute atomic E-state index is 0.0178. The Bertz CT molecular complexity index is 729. The van der Waals surface area contributed by atoms with Crippen LogP contribution >= 0.6 is 15.9 Å². The molecule has 0 fully saturated rings. The fourth-order valence-corrected chi connectivity index (χ4v) is 2.62. The van der Waals surface area contributed by atoms with Crippen LogP contribution in [0.5, 0.6) is 0 Å². The van der Waals surface area contributed by atoms with E-state index < -0.39 is 4.92 Å². The summed E-state index contributed by atoms with van der Waals surface area (Å²) in [5, 5.41) is 13.6. The molecule has 0 atom stereocenters. The van der Waals surface area contributed by atoms with Crippen LogP contribution in [0.3, 0.4) is 0 Å². The second-order valence-electron chi connectivity index (χ2n) is 4.64. The first-order chi connectivity index (χ1) is 9.90. The largest absolute Gasteiger partial charge is 0.321 e. The quantitative estimate of drug-likeness (QED) is 0.666. The number of anilines is 1. The number of nitro benzene ring substituents is 1. The van der Waals surface area contributed by atoms with Crippen molar-refractivity contribution < 1.29 is 9.72 Å². The van der Waals surface area contributed by atoms with E-state index in [1.165, 1.54) is 6.07 Å². The van der Waals surface area contributed by atoms with E-state index in [1.54, 1.807) is 25.1 Å². The predicted molar refractivity (Wildman–Crippen MR) is 84.7 cm³/mol. The third-order valence-electron chi connectivity index (χ3n) is 3.12. The minimum Gasteiger partial charge on any atom is -0.321 e. The Kier molecular flexibility index (Phi) is 4.37. The molecule has 5 nitrogen and oxygen atoms in total. The lowest BCUT2D eigenvalue weighted by Crippen LogP contribution is -2.14. The molecule has 2 rings (SSSR count). The summed E-state index contributed by atoms with van der Waals surface area (Å²) in [5.41, 5.74) is 2.35. The predicted octanol–water partition coefficient (Wildman–Crippen LogP) is 4.23. The number of carbonyl (C=O) groups is 1. The third kappa shape index (κ3) is 3.28. The second kappa shape index (κ2) is 6.05. The zero-order valence-electron chi connectivity index (χ0n) is 11.5. The molecule has 2 aromatic carbocycles. The van der Waals surface area contributed by atoms with Gasteiger partial charge in [0.15, 0.2) is 0 Å². The van der Waals surface area contributed by atoms with E-state index in [-0.39, 0.29) is 11.6 Å². The third-order valence-corrected chi connectivity index (χ3v) is 3.78. The Morgan fingerprint density at radius 2 is 1.95 bits per heavy atom. The Morgan fingerprint density at radius 3 is 2.57 bits per heavy atom. The number of rotatable bonds is 3. The van der Waals surface area contributed by atoms with Crippen molar-refractivity contribution in [3.8, 4) is 0 Å². The number of amides is 1. The van der Waals surface area contributed by atoms with Crippen molar-refractivity contribution in [2.75, 3.05) is 5.32 Å². The second-order valence-corrected chi connectivity index (χ2v) is 5.50. The van der Waals surface area contributed by atoms with Crippen LogP contribution in [0.4, 0.5) is 11.4 Å². The molecule has 0 bridgehead atoms. The van der Waals surface area contributed by atoms with Gasteiger partial charge in [-0.1, -0.05) is 12.1 Å². The zero-order valence-corrected chi connectivity index (χ0v) is 13.1. The summed E-state index contributed by atoms with van der Waals surface area (Å²) in [7, 11) is 0. The van der Waals surface area contributed by atoms with Crippen molar-refractivity contribution in [2.24, 2.45) is 0 Å². The van der Waals surface area contributed by atoms with Gasteiger partial charge in [-0.3, -0.25) is 14.9 Å². The Labute approximate surface area is 130 Å². The first-order valence-electron chi connectivity index (χ1n) is 6.21. The van der Waals surface area contributed by atoms with Crippen LogP contribution in [-0.4, -0.2) is 10.8 Å². The van der Waals surface area contributed by atoms with Crippen molar-refractivity contribution in [2.45, 2.75) is 13.8 Å². The van der Waals surface area contributed by atoms with Gasteiger partial charge in [-0.2, -0.15) is 0 Å². The van der Waals surface area contributed by atoms with Crippen molar-refractivity contribution in [1.29, 1.82) is 0 Å².